The molecule has 1 saturated carbocycles. The molecule has 0 aromatic rings. The standard InChI is InChI=1S/C13H24N2O2S/c1-18(16,17)15-9-3-7-13(15)6-2-8-14(11-13)10-12-4-5-12/h12H,2-11H2,1H3/t13-/m1/s1. The molecule has 2 heterocycles. The van der Waals surface area contributed by atoms with E-state index in [1.165, 1.54) is 25.6 Å². The monoisotopic (exact) mass is 272 g/mol. The normalized spacial score (nSPS) is 35.4. The van der Waals surface area contributed by atoms with E-state index in [-0.39, 0.29) is 5.54 Å². The zero-order valence-electron chi connectivity index (χ0n) is 11.3. The Labute approximate surface area is 110 Å². The molecule has 0 aromatic heterocycles. The van der Waals surface area contributed by atoms with Crippen LogP contribution in [0.25, 0.3) is 0 Å². The predicted octanol–water partition coefficient (Wildman–Crippen LogP) is 1.29. The lowest BCUT2D eigenvalue weighted by molar-refractivity contribution is 0.0859. The summed E-state index contributed by atoms with van der Waals surface area (Å²) in [4.78, 5) is 2.52. The number of nitrogens with zero attached hydrogens (tertiary/aromatic N) is 2. The highest BCUT2D eigenvalue weighted by Crippen LogP contribution is 2.40. The first-order valence-corrected chi connectivity index (χ1v) is 9.05. The van der Waals surface area contributed by atoms with E-state index < -0.39 is 10.0 Å². The topological polar surface area (TPSA) is 40.6 Å². The van der Waals surface area contributed by atoms with Crippen LogP contribution in [0.5, 0.6) is 0 Å². The minimum Gasteiger partial charge on any atom is -0.301 e. The van der Waals surface area contributed by atoms with Gasteiger partial charge in [-0.1, -0.05) is 0 Å². The highest BCUT2D eigenvalue weighted by Gasteiger charge is 2.48. The van der Waals surface area contributed by atoms with E-state index in [1.807, 2.05) is 0 Å². The second-order valence-electron chi connectivity index (χ2n) is 6.45. The molecule has 0 N–H and O–H groups in total. The highest BCUT2D eigenvalue weighted by molar-refractivity contribution is 7.88. The molecule has 0 aromatic carbocycles. The van der Waals surface area contributed by atoms with Gasteiger partial charge in [-0.15, -0.1) is 0 Å². The van der Waals surface area contributed by atoms with E-state index >= 15 is 0 Å². The van der Waals surface area contributed by atoms with Crippen molar-refractivity contribution in [3.05, 3.63) is 0 Å². The van der Waals surface area contributed by atoms with Crippen LogP contribution in [0.4, 0.5) is 0 Å². The van der Waals surface area contributed by atoms with Crippen molar-refractivity contribution in [3.8, 4) is 0 Å². The fourth-order valence-corrected chi connectivity index (χ4v) is 5.27. The van der Waals surface area contributed by atoms with Crippen molar-refractivity contribution in [3.63, 3.8) is 0 Å². The summed E-state index contributed by atoms with van der Waals surface area (Å²) in [6.45, 7) is 4.06. The van der Waals surface area contributed by atoms with Crippen molar-refractivity contribution in [1.29, 1.82) is 0 Å². The van der Waals surface area contributed by atoms with Crippen molar-refractivity contribution in [2.45, 2.75) is 44.1 Å². The average Bonchev–Trinajstić information content (AvgIpc) is 2.98. The van der Waals surface area contributed by atoms with Gasteiger partial charge >= 0.3 is 0 Å². The van der Waals surface area contributed by atoms with Gasteiger partial charge in [0.25, 0.3) is 0 Å². The molecule has 0 unspecified atom stereocenters. The summed E-state index contributed by atoms with van der Waals surface area (Å²) in [6.07, 6.45) is 8.42. The first kappa shape index (κ1) is 12.9. The van der Waals surface area contributed by atoms with Gasteiger partial charge in [-0.25, -0.2) is 8.42 Å². The number of hydrogen-bond donors (Lipinski definition) is 0. The Morgan fingerprint density at radius 3 is 2.44 bits per heavy atom. The molecule has 0 bridgehead atoms. The second-order valence-corrected chi connectivity index (χ2v) is 8.35. The molecule has 1 atom stereocenters. The van der Waals surface area contributed by atoms with Gasteiger partial charge in [0.15, 0.2) is 0 Å². The molecule has 4 nitrogen and oxygen atoms in total. The van der Waals surface area contributed by atoms with E-state index in [4.69, 9.17) is 0 Å². The zero-order chi connectivity index (χ0) is 12.8. The maximum Gasteiger partial charge on any atom is 0.211 e. The van der Waals surface area contributed by atoms with E-state index in [1.54, 1.807) is 4.31 Å². The third-order valence-corrected chi connectivity index (χ3v) is 6.15. The summed E-state index contributed by atoms with van der Waals surface area (Å²) in [7, 11) is -3.04. The molecule has 5 heteroatoms. The van der Waals surface area contributed by atoms with Crippen LogP contribution in [-0.4, -0.2) is 55.6 Å². The van der Waals surface area contributed by atoms with Crippen molar-refractivity contribution in [1.82, 2.24) is 9.21 Å². The minimum atomic E-state index is -3.04. The molecule has 0 amide bonds. The Kier molecular flexibility index (Phi) is 3.19. The van der Waals surface area contributed by atoms with Crippen molar-refractivity contribution in [2.24, 2.45) is 5.92 Å². The minimum absolute atomic E-state index is 0.0687. The Bertz CT molecular complexity index is 419. The molecule has 2 saturated heterocycles. The fraction of sp³-hybridized carbons (Fsp3) is 1.00. The summed E-state index contributed by atoms with van der Waals surface area (Å²) in [5.74, 6) is 0.897. The zero-order valence-corrected chi connectivity index (χ0v) is 12.1. The van der Waals surface area contributed by atoms with Gasteiger partial charge in [-0.05, 0) is 51.0 Å². The van der Waals surface area contributed by atoms with Crippen molar-refractivity contribution in [2.75, 3.05) is 32.4 Å². The number of likely N-dealkylation sites (tertiary alicyclic amines) is 1. The molecule has 1 spiro atoms. The second kappa shape index (κ2) is 4.46. The molecule has 3 fully saturated rings. The summed E-state index contributed by atoms with van der Waals surface area (Å²) >= 11 is 0. The Morgan fingerprint density at radius 2 is 1.83 bits per heavy atom. The smallest absolute Gasteiger partial charge is 0.211 e. The lowest BCUT2D eigenvalue weighted by Crippen LogP contribution is -2.57. The van der Waals surface area contributed by atoms with Crippen LogP contribution in [0, 0.1) is 5.92 Å². The molecule has 0 radical (unpaired) electrons. The van der Waals surface area contributed by atoms with Crippen LogP contribution in [0.15, 0.2) is 0 Å². The molecule has 3 rings (SSSR count). The van der Waals surface area contributed by atoms with E-state index in [0.29, 0.717) is 0 Å². The van der Waals surface area contributed by atoms with Crippen LogP contribution in [0.3, 0.4) is 0 Å². The van der Waals surface area contributed by atoms with Crippen LogP contribution < -0.4 is 0 Å². The molecule has 3 aliphatic rings. The Hall–Kier alpha value is -0.130. The Balaban J connectivity index is 1.75. The molecule has 2 aliphatic heterocycles. The fourth-order valence-electron chi connectivity index (χ4n) is 3.87. The number of piperidine rings is 1. The molecular weight excluding hydrogens is 248 g/mol. The maximum atomic E-state index is 12.0. The third kappa shape index (κ3) is 2.45. The molecule has 104 valence electrons. The first-order valence-electron chi connectivity index (χ1n) is 7.20. The third-order valence-electron chi connectivity index (χ3n) is 4.78. The summed E-state index contributed by atoms with van der Waals surface area (Å²) in [5.41, 5.74) is -0.0687. The Morgan fingerprint density at radius 1 is 1.17 bits per heavy atom. The lowest BCUT2D eigenvalue weighted by Gasteiger charge is -2.45. The van der Waals surface area contributed by atoms with E-state index in [0.717, 1.165) is 51.2 Å². The van der Waals surface area contributed by atoms with Crippen molar-refractivity contribution >= 4 is 10.0 Å². The largest absolute Gasteiger partial charge is 0.301 e. The lowest BCUT2D eigenvalue weighted by atomic mass is 9.87. The molecule has 18 heavy (non-hydrogen) atoms. The summed E-state index contributed by atoms with van der Waals surface area (Å²) < 4.78 is 25.7. The quantitative estimate of drug-likeness (QED) is 0.777. The van der Waals surface area contributed by atoms with Gasteiger partial charge in [0, 0.05) is 25.2 Å². The van der Waals surface area contributed by atoms with Gasteiger partial charge in [0.1, 0.15) is 0 Å². The van der Waals surface area contributed by atoms with Crippen molar-refractivity contribution < 1.29 is 8.42 Å². The molecule has 1 aliphatic carbocycles. The number of rotatable bonds is 3. The SMILES string of the molecule is CS(=O)(=O)N1CCC[C@@]12CCCN(CC1CC1)C2. The number of sulfonamides is 1. The van der Waals surface area contributed by atoms with Crippen LogP contribution >= 0.6 is 0 Å². The van der Waals surface area contributed by atoms with Gasteiger partial charge in [0.2, 0.25) is 10.0 Å². The highest BCUT2D eigenvalue weighted by atomic mass is 32.2. The first-order chi connectivity index (χ1) is 8.50. The summed E-state index contributed by atoms with van der Waals surface area (Å²) in [6, 6.07) is 0. The van der Waals surface area contributed by atoms with Crippen LogP contribution in [-0.2, 0) is 10.0 Å². The molecular formula is C13H24N2O2S. The van der Waals surface area contributed by atoms with Crippen LogP contribution in [0.1, 0.15) is 38.5 Å². The van der Waals surface area contributed by atoms with Gasteiger partial charge < -0.3 is 4.90 Å². The predicted molar refractivity (Wildman–Crippen MR) is 71.9 cm³/mol. The van der Waals surface area contributed by atoms with Crippen LogP contribution in [0.2, 0.25) is 0 Å². The van der Waals surface area contributed by atoms with E-state index in [2.05, 4.69) is 4.90 Å². The maximum absolute atomic E-state index is 12.0. The van der Waals surface area contributed by atoms with Gasteiger partial charge in [-0.2, -0.15) is 4.31 Å². The van der Waals surface area contributed by atoms with Gasteiger partial charge in [0.05, 0.1) is 6.26 Å². The average molecular weight is 272 g/mol. The summed E-state index contributed by atoms with van der Waals surface area (Å²) in [5, 5.41) is 0. The van der Waals surface area contributed by atoms with Gasteiger partial charge in [-0.3, -0.25) is 0 Å². The van der Waals surface area contributed by atoms with E-state index in [9.17, 15) is 8.42 Å². The number of hydrogen-bond acceptors (Lipinski definition) is 3.